The van der Waals surface area contributed by atoms with E-state index in [1.165, 1.54) is 0 Å². The standard InChI is InChI=1S/C9H18N2O/c1-7(2)10-8(3,4)9(5,6)11-12/h10H,1H2,2-6H3. The predicted molar refractivity (Wildman–Crippen MR) is 51.9 cm³/mol. The second kappa shape index (κ2) is 3.25. The largest absolute Gasteiger partial charge is 0.382 e. The predicted octanol–water partition coefficient (Wildman–Crippen LogP) is 2.43. The van der Waals surface area contributed by atoms with Crippen molar-refractivity contribution in [2.45, 2.75) is 45.7 Å². The first-order valence-electron chi connectivity index (χ1n) is 4.01. The van der Waals surface area contributed by atoms with E-state index in [1.54, 1.807) is 13.8 Å². The maximum absolute atomic E-state index is 10.5. The van der Waals surface area contributed by atoms with Gasteiger partial charge >= 0.3 is 0 Å². The summed E-state index contributed by atoms with van der Waals surface area (Å²) < 4.78 is 0. The van der Waals surface area contributed by atoms with Gasteiger partial charge in [0.1, 0.15) is 5.54 Å². The van der Waals surface area contributed by atoms with Crippen LogP contribution in [0.15, 0.2) is 17.5 Å². The van der Waals surface area contributed by atoms with Gasteiger partial charge in [0.2, 0.25) is 0 Å². The molecule has 3 heteroatoms. The Kier molecular flexibility index (Phi) is 3.02. The molecule has 0 aliphatic carbocycles. The Balaban J connectivity index is 4.59. The Morgan fingerprint density at radius 1 is 1.33 bits per heavy atom. The van der Waals surface area contributed by atoms with E-state index in [-0.39, 0.29) is 5.54 Å². The lowest BCUT2D eigenvalue weighted by Gasteiger charge is -2.37. The van der Waals surface area contributed by atoms with Crippen LogP contribution in [-0.4, -0.2) is 11.1 Å². The normalized spacial score (nSPS) is 12.4. The van der Waals surface area contributed by atoms with Crippen molar-refractivity contribution in [2.75, 3.05) is 0 Å². The minimum atomic E-state index is -0.633. The Bertz CT molecular complexity index is 195. The second-order valence-corrected chi connectivity index (χ2v) is 4.18. The van der Waals surface area contributed by atoms with Gasteiger partial charge < -0.3 is 5.32 Å². The van der Waals surface area contributed by atoms with E-state index in [1.807, 2.05) is 20.8 Å². The van der Waals surface area contributed by atoms with E-state index < -0.39 is 5.54 Å². The average Bonchev–Trinajstić information content (AvgIpc) is 1.84. The second-order valence-electron chi connectivity index (χ2n) is 4.18. The van der Waals surface area contributed by atoms with Crippen LogP contribution in [0.1, 0.15) is 34.6 Å². The van der Waals surface area contributed by atoms with Gasteiger partial charge in [-0.05, 0) is 34.6 Å². The third-order valence-electron chi connectivity index (χ3n) is 2.28. The SMILES string of the molecule is C=C(C)NC(C)(C)C(C)(C)N=O. The van der Waals surface area contributed by atoms with Crippen molar-refractivity contribution in [1.82, 2.24) is 5.32 Å². The number of rotatable bonds is 4. The van der Waals surface area contributed by atoms with Crippen LogP contribution >= 0.6 is 0 Å². The van der Waals surface area contributed by atoms with Gasteiger partial charge in [-0.1, -0.05) is 11.8 Å². The van der Waals surface area contributed by atoms with Crippen molar-refractivity contribution >= 4 is 0 Å². The Hall–Kier alpha value is -0.860. The molecule has 0 rings (SSSR count). The molecule has 0 saturated carbocycles. The van der Waals surface area contributed by atoms with Crippen LogP contribution < -0.4 is 5.32 Å². The zero-order chi connectivity index (χ0) is 9.99. The summed E-state index contributed by atoms with van der Waals surface area (Å²) in [7, 11) is 0. The quantitative estimate of drug-likeness (QED) is 0.658. The topological polar surface area (TPSA) is 41.5 Å². The summed E-state index contributed by atoms with van der Waals surface area (Å²) in [6, 6.07) is 0. The van der Waals surface area contributed by atoms with Crippen LogP contribution in [0.4, 0.5) is 0 Å². The highest BCUT2D eigenvalue weighted by atomic mass is 16.3. The van der Waals surface area contributed by atoms with Gasteiger partial charge in [-0.3, -0.25) is 0 Å². The number of nitrogens with zero attached hydrogens (tertiary/aromatic N) is 1. The molecular formula is C9H18N2O. The van der Waals surface area contributed by atoms with Gasteiger partial charge in [-0.25, -0.2) is 0 Å². The Morgan fingerprint density at radius 2 is 1.75 bits per heavy atom. The molecule has 0 aliphatic heterocycles. The molecule has 0 aromatic carbocycles. The Labute approximate surface area is 74.2 Å². The van der Waals surface area contributed by atoms with E-state index in [2.05, 4.69) is 17.1 Å². The summed E-state index contributed by atoms with van der Waals surface area (Å²) >= 11 is 0. The Morgan fingerprint density at radius 3 is 2.00 bits per heavy atom. The van der Waals surface area contributed by atoms with Crippen LogP contribution in [0.3, 0.4) is 0 Å². The van der Waals surface area contributed by atoms with E-state index in [0.717, 1.165) is 5.70 Å². The lowest BCUT2D eigenvalue weighted by molar-refractivity contribution is 0.262. The van der Waals surface area contributed by atoms with Gasteiger partial charge in [0.05, 0.1) is 5.54 Å². The van der Waals surface area contributed by atoms with Gasteiger partial charge in [-0.15, -0.1) is 0 Å². The summed E-state index contributed by atoms with van der Waals surface area (Å²) in [6.45, 7) is 13.1. The van der Waals surface area contributed by atoms with Crippen LogP contribution in [0.5, 0.6) is 0 Å². The number of nitroso groups, excluding NO2 is 1. The maximum Gasteiger partial charge on any atom is 0.119 e. The summed E-state index contributed by atoms with van der Waals surface area (Å²) in [5, 5.41) is 6.21. The third kappa shape index (κ3) is 2.32. The lowest BCUT2D eigenvalue weighted by atomic mass is 9.83. The highest BCUT2D eigenvalue weighted by Crippen LogP contribution is 2.25. The zero-order valence-electron chi connectivity index (χ0n) is 8.56. The smallest absolute Gasteiger partial charge is 0.119 e. The summed E-state index contributed by atoms with van der Waals surface area (Å²) in [5.41, 5.74) is -0.149. The van der Waals surface area contributed by atoms with Gasteiger partial charge in [-0.2, -0.15) is 4.91 Å². The number of nitrogens with one attached hydrogen (secondary N) is 1. The van der Waals surface area contributed by atoms with Crippen molar-refractivity contribution in [3.8, 4) is 0 Å². The summed E-state index contributed by atoms with van der Waals surface area (Å²) in [5.74, 6) is 0. The summed E-state index contributed by atoms with van der Waals surface area (Å²) in [6.07, 6.45) is 0. The van der Waals surface area contributed by atoms with Crippen LogP contribution in [0.2, 0.25) is 0 Å². The van der Waals surface area contributed by atoms with Crippen molar-refractivity contribution in [2.24, 2.45) is 5.18 Å². The van der Waals surface area contributed by atoms with E-state index >= 15 is 0 Å². The van der Waals surface area contributed by atoms with Crippen molar-refractivity contribution < 1.29 is 0 Å². The zero-order valence-corrected chi connectivity index (χ0v) is 8.56. The molecule has 0 bridgehead atoms. The van der Waals surface area contributed by atoms with Gasteiger partial charge in [0.25, 0.3) is 0 Å². The lowest BCUT2D eigenvalue weighted by Crippen LogP contribution is -2.53. The molecule has 0 spiro atoms. The monoisotopic (exact) mass is 170 g/mol. The fraction of sp³-hybridized carbons (Fsp3) is 0.778. The van der Waals surface area contributed by atoms with Crippen molar-refractivity contribution in [1.29, 1.82) is 0 Å². The first-order chi connectivity index (χ1) is 5.23. The number of hydrogen-bond donors (Lipinski definition) is 1. The maximum atomic E-state index is 10.5. The molecule has 0 aromatic heterocycles. The highest BCUT2D eigenvalue weighted by molar-refractivity contribution is 5.05. The fourth-order valence-electron chi connectivity index (χ4n) is 0.801. The molecule has 3 nitrogen and oxygen atoms in total. The molecule has 0 atom stereocenters. The first kappa shape index (κ1) is 11.1. The highest BCUT2D eigenvalue weighted by Gasteiger charge is 2.38. The molecule has 0 saturated heterocycles. The molecule has 0 radical (unpaired) electrons. The van der Waals surface area contributed by atoms with Gasteiger partial charge in [0, 0.05) is 5.70 Å². The molecule has 0 amide bonds. The molecule has 1 N–H and O–H groups in total. The van der Waals surface area contributed by atoms with Crippen LogP contribution in [-0.2, 0) is 0 Å². The van der Waals surface area contributed by atoms with Crippen molar-refractivity contribution in [3.05, 3.63) is 17.2 Å². The van der Waals surface area contributed by atoms with Crippen molar-refractivity contribution in [3.63, 3.8) is 0 Å². The molecule has 0 heterocycles. The fourth-order valence-corrected chi connectivity index (χ4v) is 0.801. The molecule has 0 aliphatic rings. The first-order valence-corrected chi connectivity index (χ1v) is 4.01. The van der Waals surface area contributed by atoms with E-state index in [4.69, 9.17) is 0 Å². The summed E-state index contributed by atoms with van der Waals surface area (Å²) in [4.78, 5) is 10.5. The number of allylic oxidation sites excluding steroid dienone is 1. The molecule has 12 heavy (non-hydrogen) atoms. The minimum absolute atomic E-state index is 0.361. The molecule has 0 fully saturated rings. The van der Waals surface area contributed by atoms with E-state index in [9.17, 15) is 4.91 Å². The minimum Gasteiger partial charge on any atom is -0.382 e. The molecular weight excluding hydrogens is 152 g/mol. The third-order valence-corrected chi connectivity index (χ3v) is 2.28. The number of hydrogen-bond acceptors (Lipinski definition) is 3. The molecule has 0 unspecified atom stereocenters. The van der Waals surface area contributed by atoms with Gasteiger partial charge in [0.15, 0.2) is 0 Å². The van der Waals surface area contributed by atoms with Crippen LogP contribution in [0.25, 0.3) is 0 Å². The van der Waals surface area contributed by atoms with Crippen LogP contribution in [0, 0.1) is 4.91 Å². The van der Waals surface area contributed by atoms with E-state index in [0.29, 0.717) is 0 Å². The average molecular weight is 170 g/mol. The molecule has 70 valence electrons. The molecule has 0 aromatic rings.